The molecule has 3 rings (SSSR count). The van der Waals surface area contributed by atoms with E-state index in [2.05, 4.69) is 10.3 Å². The number of carbonyl (C=O) groups is 1. The summed E-state index contributed by atoms with van der Waals surface area (Å²) in [5, 5.41) is 2.74. The second-order valence-electron chi connectivity index (χ2n) is 4.31. The molecule has 0 saturated carbocycles. The molecule has 1 amide bonds. The molecule has 18 heavy (non-hydrogen) atoms. The zero-order valence-electron chi connectivity index (χ0n) is 9.92. The lowest BCUT2D eigenvalue weighted by molar-refractivity contribution is -0.114. The van der Waals surface area contributed by atoms with Crippen molar-refractivity contribution < 1.29 is 14.1 Å². The molecular weight excluding hydrogens is 230 g/mol. The summed E-state index contributed by atoms with van der Waals surface area (Å²) >= 11 is 0. The summed E-state index contributed by atoms with van der Waals surface area (Å²) in [6, 6.07) is 7.61. The third kappa shape index (κ3) is 2.73. The third-order valence-corrected chi connectivity index (χ3v) is 2.69. The minimum absolute atomic E-state index is 0.0310. The van der Waals surface area contributed by atoms with Crippen LogP contribution in [0.1, 0.15) is 12.5 Å². The van der Waals surface area contributed by atoms with Gasteiger partial charge >= 0.3 is 14.4 Å². The van der Waals surface area contributed by atoms with Crippen LogP contribution in [0.4, 0.5) is 5.69 Å². The maximum Gasteiger partial charge on any atom is 0.473 e. The molecule has 0 aromatic heterocycles. The van der Waals surface area contributed by atoms with Gasteiger partial charge in [0.05, 0.1) is 12.4 Å². The van der Waals surface area contributed by atoms with E-state index in [0.29, 0.717) is 6.54 Å². The Morgan fingerprint density at radius 1 is 1.61 bits per heavy atom. The van der Waals surface area contributed by atoms with Crippen LogP contribution >= 0.6 is 0 Å². The molecular formula is C11H11B2N2O3. The number of carbonyl (C=O) groups excluding carboxylic acids is 1. The van der Waals surface area contributed by atoms with Gasteiger partial charge in [-0.3, -0.25) is 9.79 Å². The van der Waals surface area contributed by atoms with Gasteiger partial charge in [-0.05, 0) is 17.7 Å². The Balaban J connectivity index is 1.60. The Labute approximate surface area is 106 Å². The fraction of sp³-hybridized carbons (Fsp3) is 0.273. The normalized spacial score (nSPS) is 22.2. The highest BCUT2D eigenvalue weighted by molar-refractivity contribution is 7.04. The lowest BCUT2D eigenvalue weighted by Crippen LogP contribution is -2.06. The van der Waals surface area contributed by atoms with E-state index in [-0.39, 0.29) is 18.7 Å². The fourth-order valence-electron chi connectivity index (χ4n) is 1.74. The molecule has 2 saturated heterocycles. The summed E-state index contributed by atoms with van der Waals surface area (Å²) in [4.78, 5) is 15.3. The predicted molar refractivity (Wildman–Crippen MR) is 69.4 cm³/mol. The van der Waals surface area contributed by atoms with Crippen molar-refractivity contribution in [2.45, 2.75) is 19.4 Å². The van der Waals surface area contributed by atoms with E-state index in [0.717, 1.165) is 17.0 Å². The lowest BCUT2D eigenvalue weighted by atomic mass is 9.65. The van der Waals surface area contributed by atoms with Gasteiger partial charge in [-0.15, -0.1) is 0 Å². The molecule has 7 heteroatoms. The number of rotatable bonds is 4. The number of aliphatic imine (C=N–C) groups is 1. The fourth-order valence-corrected chi connectivity index (χ4v) is 1.74. The molecule has 0 bridgehead atoms. The number of hydrogen-bond donors (Lipinski definition) is 1. The van der Waals surface area contributed by atoms with Crippen molar-refractivity contribution in [1.82, 2.24) is 0 Å². The number of benzene rings is 1. The van der Waals surface area contributed by atoms with E-state index in [1.807, 2.05) is 24.3 Å². The SMILES string of the molecule is CC(=O)Nc1cccc(CN=C2OB2C2[B]O2)c1. The van der Waals surface area contributed by atoms with Crippen LogP contribution in [0.2, 0.25) is 0 Å². The van der Waals surface area contributed by atoms with Crippen LogP contribution in [0.25, 0.3) is 0 Å². The first-order valence-corrected chi connectivity index (χ1v) is 5.79. The largest absolute Gasteiger partial charge is 0.545 e. The lowest BCUT2D eigenvalue weighted by Gasteiger charge is -2.03. The minimum atomic E-state index is -0.0783. The second kappa shape index (κ2) is 4.49. The Bertz CT molecular complexity index is 517. The van der Waals surface area contributed by atoms with Crippen LogP contribution in [0.3, 0.4) is 0 Å². The number of hydrogen-bond acceptors (Lipinski definition) is 4. The zero-order valence-corrected chi connectivity index (χ0v) is 9.92. The van der Waals surface area contributed by atoms with Crippen LogP contribution in [-0.4, -0.2) is 32.0 Å². The molecule has 2 fully saturated rings. The zero-order chi connectivity index (χ0) is 12.5. The van der Waals surface area contributed by atoms with E-state index in [9.17, 15) is 4.79 Å². The summed E-state index contributed by atoms with van der Waals surface area (Å²) < 4.78 is 10.3. The molecule has 1 aromatic rings. The van der Waals surface area contributed by atoms with Crippen molar-refractivity contribution in [3.63, 3.8) is 0 Å². The average Bonchev–Trinajstić information content (AvgIpc) is 3.19. The van der Waals surface area contributed by atoms with Gasteiger partial charge in [-0.1, -0.05) is 12.1 Å². The van der Waals surface area contributed by atoms with E-state index >= 15 is 0 Å². The van der Waals surface area contributed by atoms with Gasteiger partial charge < -0.3 is 14.6 Å². The minimum Gasteiger partial charge on any atom is -0.545 e. The molecule has 1 aromatic carbocycles. The van der Waals surface area contributed by atoms with Crippen molar-refractivity contribution in [1.29, 1.82) is 0 Å². The first-order chi connectivity index (χ1) is 8.72. The van der Waals surface area contributed by atoms with Crippen molar-refractivity contribution in [2.75, 3.05) is 5.32 Å². The standard InChI is InChI=1S/C11H11B2N2O3/c1-7(16)15-9-4-2-3-8(5-9)6-14-11-13(18-11)10-12-17-10/h2-5,10H,6H2,1H3,(H,15,16). The molecule has 1 N–H and O–H groups in total. The maximum atomic E-state index is 10.9. The van der Waals surface area contributed by atoms with Gasteiger partial charge in [-0.2, -0.15) is 0 Å². The van der Waals surface area contributed by atoms with Crippen molar-refractivity contribution in [3.8, 4) is 0 Å². The predicted octanol–water partition coefficient (Wildman–Crippen LogP) is 0.619. The average molecular weight is 241 g/mol. The van der Waals surface area contributed by atoms with Crippen LogP contribution < -0.4 is 5.32 Å². The van der Waals surface area contributed by atoms with E-state index in [4.69, 9.17) is 9.31 Å². The van der Waals surface area contributed by atoms with Crippen molar-refractivity contribution in [3.05, 3.63) is 29.8 Å². The number of nitrogens with zero attached hydrogens (tertiary/aromatic N) is 1. The van der Waals surface area contributed by atoms with E-state index < -0.39 is 0 Å². The summed E-state index contributed by atoms with van der Waals surface area (Å²) in [5.74, 6) is 0.776. The molecule has 0 aliphatic carbocycles. The van der Waals surface area contributed by atoms with Crippen LogP contribution in [0, 0.1) is 0 Å². The first-order valence-electron chi connectivity index (χ1n) is 5.79. The first kappa shape index (κ1) is 11.3. The highest BCUT2D eigenvalue weighted by Crippen LogP contribution is 2.23. The van der Waals surface area contributed by atoms with Crippen LogP contribution in [0.5, 0.6) is 0 Å². The van der Waals surface area contributed by atoms with Gasteiger partial charge in [0, 0.05) is 12.6 Å². The van der Waals surface area contributed by atoms with Gasteiger partial charge in [0.25, 0.3) is 0 Å². The van der Waals surface area contributed by atoms with Crippen LogP contribution in [0.15, 0.2) is 29.3 Å². The Morgan fingerprint density at radius 2 is 2.44 bits per heavy atom. The molecule has 2 aliphatic heterocycles. The molecule has 1 atom stereocenters. The third-order valence-electron chi connectivity index (χ3n) is 2.69. The molecule has 2 aliphatic rings. The Kier molecular flexibility index (Phi) is 2.83. The van der Waals surface area contributed by atoms with Crippen molar-refractivity contribution >= 4 is 31.8 Å². The van der Waals surface area contributed by atoms with E-state index in [1.165, 1.54) is 6.92 Å². The molecule has 0 spiro atoms. The summed E-state index contributed by atoms with van der Waals surface area (Å²) in [5.41, 5.74) is 1.82. The second-order valence-corrected chi connectivity index (χ2v) is 4.31. The molecule has 5 nitrogen and oxygen atoms in total. The monoisotopic (exact) mass is 241 g/mol. The highest BCUT2D eigenvalue weighted by Gasteiger charge is 2.56. The summed E-state index contributed by atoms with van der Waals surface area (Å²) in [7, 11) is 1.74. The number of anilines is 1. The molecule has 1 unspecified atom stereocenters. The van der Waals surface area contributed by atoms with Gasteiger partial charge in [0.1, 0.15) is 0 Å². The highest BCUT2D eigenvalue weighted by atomic mass is 16.6. The van der Waals surface area contributed by atoms with E-state index in [1.54, 1.807) is 7.48 Å². The van der Waals surface area contributed by atoms with Crippen molar-refractivity contribution in [2.24, 2.45) is 4.99 Å². The quantitative estimate of drug-likeness (QED) is 0.620. The maximum absolute atomic E-state index is 10.9. The number of nitrogens with one attached hydrogen (secondary N) is 1. The molecule has 89 valence electrons. The van der Waals surface area contributed by atoms with Gasteiger partial charge in [0.2, 0.25) is 5.91 Å². The topological polar surface area (TPSA) is 66.5 Å². The van der Waals surface area contributed by atoms with Gasteiger partial charge in [-0.25, -0.2) is 0 Å². The molecule has 1 radical (unpaired) electrons. The van der Waals surface area contributed by atoms with Gasteiger partial charge in [0.15, 0.2) is 5.80 Å². The van der Waals surface area contributed by atoms with Crippen LogP contribution in [-0.2, 0) is 20.6 Å². The summed E-state index contributed by atoms with van der Waals surface area (Å²) in [6.45, 7) is 2.07. The summed E-state index contributed by atoms with van der Waals surface area (Å²) in [6.07, 6.45) is 0. The Hall–Kier alpha value is -1.75. The number of amides is 1. The molecule has 2 heterocycles. The Morgan fingerprint density at radius 3 is 3.17 bits per heavy atom. The smallest absolute Gasteiger partial charge is 0.473 e.